The molecule has 4 nitrogen and oxygen atoms in total. The van der Waals surface area contributed by atoms with Gasteiger partial charge in [-0.25, -0.2) is 0 Å². The SMILES string of the molecule is O=C(Nc1ccccc1Br)c1ccc2c(c1)OCO2. The van der Waals surface area contributed by atoms with Crippen LogP contribution in [0.1, 0.15) is 10.4 Å². The van der Waals surface area contributed by atoms with Gasteiger partial charge in [-0.3, -0.25) is 4.79 Å². The van der Waals surface area contributed by atoms with E-state index in [1.165, 1.54) is 0 Å². The largest absolute Gasteiger partial charge is 0.454 e. The van der Waals surface area contributed by atoms with Gasteiger partial charge in [0.25, 0.3) is 5.91 Å². The Balaban J connectivity index is 1.83. The first-order valence-electron chi connectivity index (χ1n) is 5.69. The maximum absolute atomic E-state index is 12.1. The molecule has 5 heteroatoms. The monoisotopic (exact) mass is 319 g/mol. The number of anilines is 1. The van der Waals surface area contributed by atoms with E-state index in [2.05, 4.69) is 21.2 Å². The number of ether oxygens (including phenoxy) is 2. The van der Waals surface area contributed by atoms with Crippen molar-refractivity contribution in [1.82, 2.24) is 0 Å². The van der Waals surface area contributed by atoms with Gasteiger partial charge in [0.1, 0.15) is 0 Å². The molecule has 0 saturated heterocycles. The first-order valence-corrected chi connectivity index (χ1v) is 6.49. The van der Waals surface area contributed by atoms with Gasteiger partial charge >= 0.3 is 0 Å². The Morgan fingerprint density at radius 3 is 2.74 bits per heavy atom. The molecule has 2 aromatic carbocycles. The van der Waals surface area contributed by atoms with Crippen LogP contribution >= 0.6 is 15.9 Å². The fourth-order valence-electron chi connectivity index (χ4n) is 1.79. The summed E-state index contributed by atoms with van der Waals surface area (Å²) in [7, 11) is 0. The lowest BCUT2D eigenvalue weighted by Gasteiger charge is -2.07. The maximum atomic E-state index is 12.1. The Labute approximate surface area is 118 Å². The third kappa shape index (κ3) is 2.42. The van der Waals surface area contributed by atoms with Gasteiger partial charge in [-0.1, -0.05) is 12.1 Å². The van der Waals surface area contributed by atoms with Gasteiger partial charge in [0, 0.05) is 10.0 Å². The van der Waals surface area contributed by atoms with E-state index in [1.54, 1.807) is 18.2 Å². The van der Waals surface area contributed by atoms with Crippen LogP contribution < -0.4 is 14.8 Å². The molecule has 96 valence electrons. The summed E-state index contributed by atoms with van der Waals surface area (Å²) in [5.41, 5.74) is 1.25. The Bertz CT molecular complexity index is 642. The van der Waals surface area contributed by atoms with Crippen molar-refractivity contribution in [2.45, 2.75) is 0 Å². The first kappa shape index (κ1) is 12.0. The average molecular weight is 320 g/mol. The maximum Gasteiger partial charge on any atom is 0.255 e. The molecule has 0 saturated carbocycles. The second kappa shape index (κ2) is 4.93. The molecule has 1 heterocycles. The number of fused-ring (bicyclic) bond motifs is 1. The summed E-state index contributed by atoms with van der Waals surface area (Å²) < 4.78 is 11.3. The molecule has 0 bridgehead atoms. The predicted molar refractivity (Wildman–Crippen MR) is 74.7 cm³/mol. The number of carbonyl (C=O) groups is 1. The molecule has 19 heavy (non-hydrogen) atoms. The molecule has 0 spiro atoms. The third-order valence-corrected chi connectivity index (χ3v) is 3.45. The number of carbonyl (C=O) groups excluding carboxylic acids is 1. The molecular formula is C14H10BrNO3. The lowest BCUT2D eigenvalue weighted by atomic mass is 10.2. The van der Waals surface area contributed by atoms with Crippen molar-refractivity contribution < 1.29 is 14.3 Å². The number of benzene rings is 2. The Kier molecular flexibility index (Phi) is 3.13. The summed E-state index contributed by atoms with van der Waals surface area (Å²) in [6.07, 6.45) is 0. The van der Waals surface area contributed by atoms with E-state index in [1.807, 2.05) is 24.3 Å². The highest BCUT2D eigenvalue weighted by Crippen LogP contribution is 2.32. The summed E-state index contributed by atoms with van der Waals surface area (Å²) >= 11 is 3.39. The van der Waals surface area contributed by atoms with Crippen LogP contribution in [0.5, 0.6) is 11.5 Å². The van der Waals surface area contributed by atoms with Gasteiger partial charge in [0.15, 0.2) is 11.5 Å². The number of rotatable bonds is 2. The van der Waals surface area contributed by atoms with Crippen molar-refractivity contribution in [1.29, 1.82) is 0 Å². The van der Waals surface area contributed by atoms with E-state index in [0.717, 1.165) is 10.2 Å². The van der Waals surface area contributed by atoms with Crippen molar-refractivity contribution in [3.63, 3.8) is 0 Å². The van der Waals surface area contributed by atoms with E-state index >= 15 is 0 Å². The summed E-state index contributed by atoms with van der Waals surface area (Å²) in [5, 5.41) is 2.84. The van der Waals surface area contributed by atoms with Crippen molar-refractivity contribution >= 4 is 27.5 Å². The zero-order valence-corrected chi connectivity index (χ0v) is 11.4. The zero-order chi connectivity index (χ0) is 13.2. The van der Waals surface area contributed by atoms with Gasteiger partial charge < -0.3 is 14.8 Å². The summed E-state index contributed by atoms with van der Waals surface area (Å²) in [5.74, 6) is 1.07. The van der Waals surface area contributed by atoms with Crippen LogP contribution in [0.25, 0.3) is 0 Å². The number of nitrogens with one attached hydrogen (secondary N) is 1. The van der Waals surface area contributed by atoms with Crippen LogP contribution in [0.15, 0.2) is 46.9 Å². The summed E-state index contributed by atoms with van der Waals surface area (Å²) in [4.78, 5) is 12.1. The van der Waals surface area contributed by atoms with E-state index in [-0.39, 0.29) is 12.7 Å². The molecule has 1 amide bonds. The molecule has 0 aliphatic carbocycles. The topological polar surface area (TPSA) is 47.6 Å². The van der Waals surface area contributed by atoms with E-state index in [0.29, 0.717) is 17.1 Å². The number of para-hydroxylation sites is 1. The molecule has 2 aromatic rings. The van der Waals surface area contributed by atoms with E-state index in [4.69, 9.17) is 9.47 Å². The Morgan fingerprint density at radius 2 is 1.89 bits per heavy atom. The molecule has 1 N–H and O–H groups in total. The molecule has 0 fully saturated rings. The summed E-state index contributed by atoms with van der Waals surface area (Å²) in [6.45, 7) is 0.199. The minimum atomic E-state index is -0.190. The van der Waals surface area contributed by atoms with Gasteiger partial charge in [0.2, 0.25) is 6.79 Å². The fraction of sp³-hybridized carbons (Fsp3) is 0.0714. The highest BCUT2D eigenvalue weighted by atomic mass is 79.9. The highest BCUT2D eigenvalue weighted by molar-refractivity contribution is 9.10. The minimum Gasteiger partial charge on any atom is -0.454 e. The van der Waals surface area contributed by atoms with Crippen molar-refractivity contribution in [2.75, 3.05) is 12.1 Å². The third-order valence-electron chi connectivity index (χ3n) is 2.76. The van der Waals surface area contributed by atoms with E-state index in [9.17, 15) is 4.79 Å². The van der Waals surface area contributed by atoms with E-state index < -0.39 is 0 Å². The van der Waals surface area contributed by atoms with Crippen LogP contribution in [0.2, 0.25) is 0 Å². The average Bonchev–Trinajstić information content (AvgIpc) is 2.88. The highest BCUT2D eigenvalue weighted by Gasteiger charge is 2.16. The number of halogens is 1. The van der Waals surface area contributed by atoms with Crippen LogP contribution in [-0.4, -0.2) is 12.7 Å². The van der Waals surface area contributed by atoms with Crippen molar-refractivity contribution in [3.05, 3.63) is 52.5 Å². The van der Waals surface area contributed by atoms with Crippen LogP contribution in [-0.2, 0) is 0 Å². The molecule has 1 aliphatic heterocycles. The number of hydrogen-bond donors (Lipinski definition) is 1. The molecule has 0 radical (unpaired) electrons. The standard InChI is InChI=1S/C14H10BrNO3/c15-10-3-1-2-4-11(10)16-14(17)9-5-6-12-13(7-9)19-8-18-12/h1-7H,8H2,(H,16,17). The van der Waals surface area contributed by atoms with Crippen LogP contribution in [0.3, 0.4) is 0 Å². The van der Waals surface area contributed by atoms with Gasteiger partial charge in [0.05, 0.1) is 5.69 Å². The first-order chi connectivity index (χ1) is 9.24. The lowest BCUT2D eigenvalue weighted by Crippen LogP contribution is -2.12. The van der Waals surface area contributed by atoms with Gasteiger partial charge in [-0.05, 0) is 46.3 Å². The molecule has 1 aliphatic rings. The molecular weight excluding hydrogens is 310 g/mol. The number of hydrogen-bond acceptors (Lipinski definition) is 3. The molecule has 0 unspecified atom stereocenters. The van der Waals surface area contributed by atoms with Crippen molar-refractivity contribution in [3.8, 4) is 11.5 Å². The second-order valence-electron chi connectivity index (χ2n) is 4.00. The Hall–Kier alpha value is -2.01. The van der Waals surface area contributed by atoms with Crippen LogP contribution in [0, 0.1) is 0 Å². The molecule has 0 atom stereocenters. The van der Waals surface area contributed by atoms with Crippen molar-refractivity contribution in [2.24, 2.45) is 0 Å². The smallest absolute Gasteiger partial charge is 0.255 e. The lowest BCUT2D eigenvalue weighted by molar-refractivity contribution is 0.102. The normalized spacial score (nSPS) is 12.3. The van der Waals surface area contributed by atoms with Gasteiger partial charge in [-0.15, -0.1) is 0 Å². The second-order valence-corrected chi connectivity index (χ2v) is 4.86. The molecule has 3 rings (SSSR count). The fourth-order valence-corrected chi connectivity index (χ4v) is 2.18. The minimum absolute atomic E-state index is 0.190. The zero-order valence-electron chi connectivity index (χ0n) is 9.85. The van der Waals surface area contributed by atoms with Gasteiger partial charge in [-0.2, -0.15) is 0 Å². The van der Waals surface area contributed by atoms with Crippen LogP contribution in [0.4, 0.5) is 5.69 Å². The quantitative estimate of drug-likeness (QED) is 0.922. The Morgan fingerprint density at radius 1 is 1.11 bits per heavy atom. The summed E-state index contributed by atoms with van der Waals surface area (Å²) in [6, 6.07) is 12.6. The number of amides is 1. The predicted octanol–water partition coefficient (Wildman–Crippen LogP) is 3.43. The molecule has 0 aromatic heterocycles.